The molecule has 0 bridgehead atoms. The minimum absolute atomic E-state index is 0.0710. The Morgan fingerprint density at radius 1 is 1.24 bits per heavy atom. The average molecular weight is 463 g/mol. The second-order valence-electron chi connectivity index (χ2n) is 6.75. The maximum atomic E-state index is 13.2. The summed E-state index contributed by atoms with van der Waals surface area (Å²) in [6, 6.07) is 12.2. The Morgan fingerprint density at radius 2 is 1.93 bits per heavy atom. The summed E-state index contributed by atoms with van der Waals surface area (Å²) >= 11 is 3.43. The molecular weight excluding hydrogens is 443 g/mol. The number of rotatable bonds is 6. The third-order valence-electron chi connectivity index (χ3n) is 4.83. The van der Waals surface area contributed by atoms with Gasteiger partial charge in [0.2, 0.25) is 11.8 Å². The number of amides is 2. The van der Waals surface area contributed by atoms with Crippen LogP contribution in [0, 0.1) is 11.7 Å². The van der Waals surface area contributed by atoms with Gasteiger partial charge in [0.15, 0.2) is 0 Å². The van der Waals surface area contributed by atoms with Crippen molar-refractivity contribution in [3.8, 4) is 0 Å². The first-order chi connectivity index (χ1) is 13.9. The van der Waals surface area contributed by atoms with Crippen molar-refractivity contribution in [3.05, 3.63) is 64.4 Å². The highest BCUT2D eigenvalue weighted by molar-refractivity contribution is 9.10. The van der Waals surface area contributed by atoms with Gasteiger partial charge in [0.05, 0.1) is 31.2 Å². The van der Waals surface area contributed by atoms with Gasteiger partial charge >= 0.3 is 5.97 Å². The van der Waals surface area contributed by atoms with Gasteiger partial charge in [0.1, 0.15) is 5.82 Å². The second-order valence-corrected chi connectivity index (χ2v) is 7.60. The van der Waals surface area contributed by atoms with Gasteiger partial charge < -0.3 is 15.0 Å². The molecule has 152 valence electrons. The summed E-state index contributed by atoms with van der Waals surface area (Å²) in [5.41, 5.74) is 1.29. The Morgan fingerprint density at radius 3 is 2.59 bits per heavy atom. The first-order valence-corrected chi connectivity index (χ1v) is 9.86. The van der Waals surface area contributed by atoms with Gasteiger partial charge in [-0.15, -0.1) is 0 Å². The number of methoxy groups -OCH3 is 1. The lowest BCUT2D eigenvalue weighted by molar-refractivity contribution is -0.141. The van der Waals surface area contributed by atoms with E-state index in [1.807, 2.05) is 18.2 Å². The molecular formula is C21H20BrFN2O4. The lowest BCUT2D eigenvalue weighted by atomic mass is 10.0. The SMILES string of the molecule is COC(=O)CC(NC(=O)C1CC(=O)N(c2ccccc2Br)C1)c1ccc(F)cc1. The van der Waals surface area contributed by atoms with Gasteiger partial charge in [-0.2, -0.15) is 0 Å². The fourth-order valence-corrected chi connectivity index (χ4v) is 3.77. The summed E-state index contributed by atoms with van der Waals surface area (Å²) in [5.74, 6) is -1.97. The molecule has 0 saturated carbocycles. The third kappa shape index (κ3) is 5.00. The van der Waals surface area contributed by atoms with E-state index in [9.17, 15) is 18.8 Å². The normalized spacial score (nSPS) is 17.1. The number of para-hydroxylation sites is 1. The number of carbonyl (C=O) groups excluding carboxylic acids is 3. The van der Waals surface area contributed by atoms with Crippen LogP contribution in [-0.2, 0) is 19.1 Å². The van der Waals surface area contributed by atoms with Crippen LogP contribution in [0.4, 0.5) is 10.1 Å². The van der Waals surface area contributed by atoms with Crippen molar-refractivity contribution in [2.75, 3.05) is 18.6 Å². The predicted octanol–water partition coefficient (Wildman–Crippen LogP) is 3.36. The zero-order valence-electron chi connectivity index (χ0n) is 15.7. The van der Waals surface area contributed by atoms with Gasteiger partial charge in [-0.25, -0.2) is 4.39 Å². The molecule has 6 nitrogen and oxygen atoms in total. The number of anilines is 1. The number of hydrogen-bond acceptors (Lipinski definition) is 4. The van der Waals surface area contributed by atoms with Crippen LogP contribution in [0.3, 0.4) is 0 Å². The van der Waals surface area contributed by atoms with Crippen molar-refractivity contribution in [1.82, 2.24) is 5.32 Å². The summed E-state index contributed by atoms with van der Waals surface area (Å²) < 4.78 is 18.7. The molecule has 0 radical (unpaired) electrons. The quantitative estimate of drug-likeness (QED) is 0.667. The summed E-state index contributed by atoms with van der Waals surface area (Å²) in [5, 5.41) is 2.81. The number of nitrogens with zero attached hydrogens (tertiary/aromatic N) is 1. The zero-order chi connectivity index (χ0) is 21.0. The molecule has 1 heterocycles. The van der Waals surface area contributed by atoms with Crippen LogP contribution in [0.15, 0.2) is 53.0 Å². The molecule has 1 aliphatic rings. The molecule has 1 aliphatic heterocycles. The minimum Gasteiger partial charge on any atom is -0.469 e. The van der Waals surface area contributed by atoms with Crippen molar-refractivity contribution in [1.29, 1.82) is 0 Å². The molecule has 2 aromatic rings. The maximum absolute atomic E-state index is 13.2. The fraction of sp³-hybridized carbons (Fsp3) is 0.286. The van der Waals surface area contributed by atoms with Crippen molar-refractivity contribution in [2.45, 2.75) is 18.9 Å². The first kappa shape index (κ1) is 21.0. The van der Waals surface area contributed by atoms with Crippen LogP contribution < -0.4 is 10.2 Å². The van der Waals surface area contributed by atoms with Crippen molar-refractivity contribution >= 4 is 39.4 Å². The Balaban J connectivity index is 1.74. The average Bonchev–Trinajstić information content (AvgIpc) is 3.10. The number of ether oxygens (including phenoxy) is 1. The Bertz CT molecular complexity index is 919. The van der Waals surface area contributed by atoms with Crippen LogP contribution in [0.1, 0.15) is 24.4 Å². The van der Waals surface area contributed by atoms with Gasteiger partial charge in [-0.1, -0.05) is 24.3 Å². The molecule has 29 heavy (non-hydrogen) atoms. The van der Waals surface area contributed by atoms with E-state index in [-0.39, 0.29) is 31.2 Å². The van der Waals surface area contributed by atoms with E-state index in [1.165, 1.54) is 31.4 Å². The number of hydrogen-bond donors (Lipinski definition) is 1. The molecule has 2 atom stereocenters. The molecule has 2 unspecified atom stereocenters. The van der Waals surface area contributed by atoms with Crippen LogP contribution >= 0.6 is 15.9 Å². The molecule has 1 N–H and O–H groups in total. The highest BCUT2D eigenvalue weighted by Gasteiger charge is 2.36. The van der Waals surface area contributed by atoms with Crippen molar-refractivity contribution < 1.29 is 23.5 Å². The van der Waals surface area contributed by atoms with Crippen molar-refractivity contribution in [3.63, 3.8) is 0 Å². The van der Waals surface area contributed by atoms with Gasteiger partial charge in [-0.05, 0) is 45.8 Å². The zero-order valence-corrected chi connectivity index (χ0v) is 17.3. The topological polar surface area (TPSA) is 75.7 Å². The van der Waals surface area contributed by atoms with Crippen LogP contribution in [-0.4, -0.2) is 31.4 Å². The fourth-order valence-electron chi connectivity index (χ4n) is 3.27. The Hall–Kier alpha value is -2.74. The van der Waals surface area contributed by atoms with Crippen LogP contribution in [0.25, 0.3) is 0 Å². The monoisotopic (exact) mass is 462 g/mol. The van der Waals surface area contributed by atoms with E-state index in [0.717, 1.165) is 4.47 Å². The molecule has 8 heteroatoms. The third-order valence-corrected chi connectivity index (χ3v) is 5.50. The van der Waals surface area contributed by atoms with E-state index in [0.29, 0.717) is 11.3 Å². The van der Waals surface area contributed by atoms with E-state index in [4.69, 9.17) is 4.74 Å². The number of benzene rings is 2. The summed E-state index contributed by atoms with van der Waals surface area (Å²) in [4.78, 5) is 38.7. The van der Waals surface area contributed by atoms with Gasteiger partial charge in [0, 0.05) is 17.4 Å². The minimum atomic E-state index is -0.678. The number of nitrogens with one attached hydrogen (secondary N) is 1. The van der Waals surface area contributed by atoms with E-state index in [1.54, 1.807) is 11.0 Å². The van der Waals surface area contributed by atoms with Crippen LogP contribution in [0.5, 0.6) is 0 Å². The van der Waals surface area contributed by atoms with E-state index < -0.39 is 23.7 Å². The van der Waals surface area contributed by atoms with E-state index in [2.05, 4.69) is 21.2 Å². The molecule has 0 spiro atoms. The van der Waals surface area contributed by atoms with Crippen molar-refractivity contribution in [2.24, 2.45) is 5.92 Å². The smallest absolute Gasteiger partial charge is 0.307 e. The first-order valence-electron chi connectivity index (χ1n) is 9.06. The van der Waals surface area contributed by atoms with Gasteiger partial charge in [0.25, 0.3) is 0 Å². The Labute approximate surface area is 176 Å². The summed E-state index contributed by atoms with van der Waals surface area (Å²) in [7, 11) is 1.26. The standard InChI is InChI=1S/C21H20BrFN2O4/c1-29-20(27)11-17(13-6-8-15(23)9-7-13)24-21(28)14-10-19(26)25(12-14)18-5-3-2-4-16(18)22/h2-9,14,17H,10-12H2,1H3,(H,24,28). The van der Waals surface area contributed by atoms with E-state index >= 15 is 0 Å². The summed E-state index contributed by atoms with van der Waals surface area (Å²) in [6.07, 6.45) is -0.0238. The molecule has 1 fully saturated rings. The number of halogens is 2. The molecule has 2 amide bonds. The number of carbonyl (C=O) groups is 3. The highest BCUT2D eigenvalue weighted by Crippen LogP contribution is 2.31. The Kier molecular flexibility index (Phi) is 6.64. The lowest BCUT2D eigenvalue weighted by Crippen LogP contribution is -2.36. The molecule has 1 saturated heterocycles. The lowest BCUT2D eigenvalue weighted by Gasteiger charge is -2.21. The molecule has 2 aromatic carbocycles. The molecule has 0 aliphatic carbocycles. The molecule has 3 rings (SSSR count). The summed E-state index contributed by atoms with van der Waals surface area (Å²) in [6.45, 7) is 0.238. The maximum Gasteiger partial charge on any atom is 0.307 e. The van der Waals surface area contributed by atoms with Gasteiger partial charge in [-0.3, -0.25) is 14.4 Å². The number of esters is 1. The largest absolute Gasteiger partial charge is 0.469 e. The second kappa shape index (κ2) is 9.17. The van der Waals surface area contributed by atoms with Crippen LogP contribution in [0.2, 0.25) is 0 Å². The molecule has 0 aromatic heterocycles. The highest BCUT2D eigenvalue weighted by atomic mass is 79.9. The predicted molar refractivity (Wildman–Crippen MR) is 109 cm³/mol.